The van der Waals surface area contributed by atoms with Crippen LogP contribution in [0.2, 0.25) is 5.02 Å². The summed E-state index contributed by atoms with van der Waals surface area (Å²) in [6.45, 7) is 2.02. The maximum atomic E-state index is 9.54. The third-order valence-corrected chi connectivity index (χ3v) is 3.33. The molecule has 1 heterocycles. The normalized spacial score (nSPS) is 10.8. The van der Waals surface area contributed by atoms with Crippen LogP contribution in [0.4, 0.5) is 5.69 Å². The summed E-state index contributed by atoms with van der Waals surface area (Å²) in [5.74, 6) is 0.278. The van der Waals surface area contributed by atoms with Gasteiger partial charge in [-0.3, -0.25) is 10.1 Å². The van der Waals surface area contributed by atoms with E-state index in [1.54, 1.807) is 12.1 Å². The van der Waals surface area contributed by atoms with Crippen LogP contribution in [0, 0.1) is 6.92 Å². The fraction of sp³-hybridized carbons (Fsp3) is 0.0667. The Morgan fingerprint density at radius 1 is 1.11 bits per heavy atom. The zero-order chi connectivity index (χ0) is 13.4. The van der Waals surface area contributed by atoms with Crippen molar-refractivity contribution in [2.45, 2.75) is 6.92 Å². The monoisotopic (exact) mass is 272 g/mol. The molecular weight excluding hydrogens is 260 g/mol. The number of benzene rings is 2. The average Bonchev–Trinajstić information content (AvgIpc) is 2.69. The molecule has 3 nitrogen and oxygen atoms in total. The van der Waals surface area contributed by atoms with Gasteiger partial charge in [-0.25, -0.2) is 0 Å². The van der Waals surface area contributed by atoms with Crippen LogP contribution in [0.25, 0.3) is 10.9 Å². The van der Waals surface area contributed by atoms with E-state index in [0.29, 0.717) is 5.02 Å². The SMILES string of the molecule is Cc1cn(Nc2ccc(Cl)cc2)c2ccc(O)cc12. The molecule has 0 bridgehead atoms. The van der Waals surface area contributed by atoms with Crippen LogP contribution in [-0.4, -0.2) is 9.78 Å². The van der Waals surface area contributed by atoms with Crippen LogP contribution >= 0.6 is 11.6 Å². The van der Waals surface area contributed by atoms with E-state index < -0.39 is 0 Å². The van der Waals surface area contributed by atoms with Gasteiger partial charge in [-0.15, -0.1) is 0 Å². The number of phenolic OH excluding ortho intramolecular Hbond substituents is 1. The molecule has 2 aromatic carbocycles. The standard InChI is InChI=1S/C15H13ClN2O/c1-10-9-18(15-7-6-13(19)8-14(10)15)17-12-4-2-11(16)3-5-12/h2-9,17,19H,1H3. The molecule has 0 fully saturated rings. The first kappa shape index (κ1) is 11.9. The summed E-state index contributed by atoms with van der Waals surface area (Å²) >= 11 is 5.87. The predicted molar refractivity (Wildman–Crippen MR) is 78.8 cm³/mol. The number of nitrogens with zero attached hydrogens (tertiary/aromatic N) is 1. The first-order chi connectivity index (χ1) is 9.13. The van der Waals surface area contributed by atoms with Crippen molar-refractivity contribution < 1.29 is 5.11 Å². The molecule has 1 aromatic heterocycles. The Morgan fingerprint density at radius 3 is 2.58 bits per heavy atom. The van der Waals surface area contributed by atoms with E-state index in [0.717, 1.165) is 22.2 Å². The van der Waals surface area contributed by atoms with Crippen molar-refractivity contribution in [3.63, 3.8) is 0 Å². The molecule has 0 saturated carbocycles. The largest absolute Gasteiger partial charge is 0.508 e. The van der Waals surface area contributed by atoms with Gasteiger partial charge in [0.15, 0.2) is 0 Å². The van der Waals surface area contributed by atoms with Crippen LogP contribution < -0.4 is 5.43 Å². The van der Waals surface area contributed by atoms with Gasteiger partial charge in [-0.2, -0.15) is 0 Å². The van der Waals surface area contributed by atoms with Crippen molar-refractivity contribution in [1.82, 2.24) is 4.68 Å². The number of phenols is 1. The summed E-state index contributed by atoms with van der Waals surface area (Å²) < 4.78 is 1.94. The minimum atomic E-state index is 0.278. The fourth-order valence-corrected chi connectivity index (χ4v) is 2.26. The van der Waals surface area contributed by atoms with Crippen molar-refractivity contribution >= 4 is 28.2 Å². The van der Waals surface area contributed by atoms with Crippen LogP contribution in [-0.2, 0) is 0 Å². The molecule has 19 heavy (non-hydrogen) atoms. The van der Waals surface area contributed by atoms with E-state index in [1.807, 2.05) is 48.1 Å². The number of rotatable bonds is 2. The first-order valence-corrected chi connectivity index (χ1v) is 6.34. The fourth-order valence-electron chi connectivity index (χ4n) is 2.14. The summed E-state index contributed by atoms with van der Waals surface area (Å²) in [4.78, 5) is 0. The Balaban J connectivity index is 2.03. The topological polar surface area (TPSA) is 37.2 Å². The summed E-state index contributed by atoms with van der Waals surface area (Å²) in [7, 11) is 0. The quantitative estimate of drug-likeness (QED) is 0.734. The van der Waals surface area contributed by atoms with E-state index >= 15 is 0 Å². The van der Waals surface area contributed by atoms with Gasteiger partial charge < -0.3 is 5.11 Å². The van der Waals surface area contributed by atoms with Gasteiger partial charge in [0.2, 0.25) is 0 Å². The number of fused-ring (bicyclic) bond motifs is 1. The van der Waals surface area contributed by atoms with Gasteiger partial charge in [-0.05, 0) is 55.0 Å². The highest BCUT2D eigenvalue weighted by Crippen LogP contribution is 2.25. The Hall–Kier alpha value is -2.13. The van der Waals surface area contributed by atoms with Crippen molar-refractivity contribution in [2.75, 3.05) is 5.43 Å². The number of anilines is 1. The van der Waals surface area contributed by atoms with Crippen LogP contribution in [0.3, 0.4) is 0 Å². The lowest BCUT2D eigenvalue weighted by Crippen LogP contribution is -2.06. The van der Waals surface area contributed by atoms with E-state index in [4.69, 9.17) is 11.6 Å². The molecule has 0 saturated heterocycles. The van der Waals surface area contributed by atoms with Crippen molar-refractivity contribution in [3.05, 3.63) is 59.2 Å². The summed E-state index contributed by atoms with van der Waals surface area (Å²) in [5.41, 5.74) is 6.37. The smallest absolute Gasteiger partial charge is 0.116 e. The minimum Gasteiger partial charge on any atom is -0.508 e. The molecule has 4 heteroatoms. The Bertz CT molecular complexity index is 732. The number of aryl methyl sites for hydroxylation is 1. The number of hydrogen-bond acceptors (Lipinski definition) is 2. The molecule has 96 valence electrons. The van der Waals surface area contributed by atoms with Crippen molar-refractivity contribution in [2.24, 2.45) is 0 Å². The Labute approximate surface area is 116 Å². The second-order valence-electron chi connectivity index (χ2n) is 4.50. The Kier molecular flexibility index (Phi) is 2.84. The number of halogens is 1. The highest BCUT2D eigenvalue weighted by atomic mass is 35.5. The molecule has 2 N–H and O–H groups in total. The molecule has 3 aromatic rings. The van der Waals surface area contributed by atoms with Crippen molar-refractivity contribution in [3.8, 4) is 5.75 Å². The molecule has 0 radical (unpaired) electrons. The highest BCUT2D eigenvalue weighted by molar-refractivity contribution is 6.30. The van der Waals surface area contributed by atoms with Gasteiger partial charge in [-0.1, -0.05) is 11.6 Å². The average molecular weight is 273 g/mol. The summed E-state index contributed by atoms with van der Waals surface area (Å²) in [6, 6.07) is 12.9. The molecule has 0 aliphatic carbocycles. The molecule has 3 rings (SSSR count). The van der Waals surface area contributed by atoms with Crippen LogP contribution in [0.15, 0.2) is 48.7 Å². The lowest BCUT2D eigenvalue weighted by Gasteiger charge is -2.09. The maximum absolute atomic E-state index is 9.54. The third-order valence-electron chi connectivity index (χ3n) is 3.08. The van der Waals surface area contributed by atoms with Gasteiger partial charge in [0.05, 0.1) is 11.2 Å². The van der Waals surface area contributed by atoms with E-state index in [-0.39, 0.29) is 5.75 Å². The molecule has 0 unspecified atom stereocenters. The Morgan fingerprint density at radius 2 is 1.84 bits per heavy atom. The molecular formula is C15H13ClN2O. The minimum absolute atomic E-state index is 0.278. The second kappa shape index (κ2) is 4.52. The second-order valence-corrected chi connectivity index (χ2v) is 4.94. The lowest BCUT2D eigenvalue weighted by molar-refractivity contribution is 0.476. The van der Waals surface area contributed by atoms with Crippen molar-refractivity contribution in [1.29, 1.82) is 0 Å². The predicted octanol–water partition coefficient (Wildman–Crippen LogP) is 4.18. The molecule has 0 atom stereocenters. The molecule has 0 aliphatic heterocycles. The number of hydrogen-bond donors (Lipinski definition) is 2. The van der Waals surface area contributed by atoms with Gasteiger partial charge >= 0.3 is 0 Å². The summed E-state index contributed by atoms with van der Waals surface area (Å²) in [6.07, 6.45) is 2.00. The lowest BCUT2D eigenvalue weighted by atomic mass is 10.2. The zero-order valence-corrected chi connectivity index (χ0v) is 11.1. The van der Waals surface area contributed by atoms with Gasteiger partial charge in [0.1, 0.15) is 5.75 Å². The van der Waals surface area contributed by atoms with Gasteiger partial charge in [0.25, 0.3) is 0 Å². The first-order valence-electron chi connectivity index (χ1n) is 5.97. The van der Waals surface area contributed by atoms with E-state index in [1.165, 1.54) is 0 Å². The summed E-state index contributed by atoms with van der Waals surface area (Å²) in [5, 5.41) is 11.3. The van der Waals surface area contributed by atoms with Crippen LogP contribution in [0.5, 0.6) is 5.75 Å². The number of aromatic hydroxyl groups is 1. The van der Waals surface area contributed by atoms with E-state index in [2.05, 4.69) is 5.43 Å². The zero-order valence-electron chi connectivity index (χ0n) is 10.4. The van der Waals surface area contributed by atoms with Gasteiger partial charge in [0, 0.05) is 16.6 Å². The maximum Gasteiger partial charge on any atom is 0.116 e. The molecule has 0 amide bonds. The third kappa shape index (κ3) is 2.25. The van der Waals surface area contributed by atoms with Crippen LogP contribution in [0.1, 0.15) is 5.56 Å². The highest BCUT2D eigenvalue weighted by Gasteiger charge is 2.06. The number of nitrogens with one attached hydrogen (secondary N) is 1. The number of aromatic nitrogens is 1. The molecule has 0 aliphatic rings. The molecule has 0 spiro atoms. The van der Waals surface area contributed by atoms with E-state index in [9.17, 15) is 5.11 Å².